The molecular weight excluding hydrogens is 326 g/mol. The lowest BCUT2D eigenvalue weighted by molar-refractivity contribution is -0.140. The highest BCUT2D eigenvalue weighted by molar-refractivity contribution is 7.89. The quantitative estimate of drug-likeness (QED) is 0.574. The third kappa shape index (κ3) is 4.80. The number of carbonyl (C=O) groups excluding carboxylic acids is 1. The molecule has 1 rings (SSSR count). The van der Waals surface area contributed by atoms with Gasteiger partial charge in [-0.05, 0) is 75.3 Å². The lowest BCUT2D eigenvalue weighted by Gasteiger charge is -2.19. The Labute approximate surface area is 145 Å². The predicted octanol–water partition coefficient (Wildman–Crippen LogP) is 3.24. The van der Waals surface area contributed by atoms with Gasteiger partial charge in [0.1, 0.15) is 0 Å². The summed E-state index contributed by atoms with van der Waals surface area (Å²) in [7, 11) is -2.17. The summed E-state index contributed by atoms with van der Waals surface area (Å²) in [6.07, 6.45) is 2.55. The van der Waals surface area contributed by atoms with Crippen molar-refractivity contribution in [3.8, 4) is 0 Å². The summed E-state index contributed by atoms with van der Waals surface area (Å²) in [6.45, 7) is 10.0. The zero-order chi connectivity index (χ0) is 18.5. The zero-order valence-electron chi connectivity index (χ0n) is 15.6. The molecule has 0 atom stereocenters. The van der Waals surface area contributed by atoms with Crippen LogP contribution in [0.5, 0.6) is 0 Å². The fraction of sp³-hybridized carbons (Fsp3) is 0.611. The van der Waals surface area contributed by atoms with Gasteiger partial charge in [-0.25, -0.2) is 13.1 Å². The number of unbranched alkanes of at least 4 members (excludes halogenated alkanes) is 2. The second kappa shape index (κ2) is 8.62. The third-order valence-corrected chi connectivity index (χ3v) is 6.51. The van der Waals surface area contributed by atoms with Gasteiger partial charge in [0.2, 0.25) is 10.0 Å². The summed E-state index contributed by atoms with van der Waals surface area (Å²) in [5, 5.41) is 0. The molecule has 0 saturated heterocycles. The van der Waals surface area contributed by atoms with Gasteiger partial charge in [-0.1, -0.05) is 6.42 Å². The van der Waals surface area contributed by atoms with Crippen LogP contribution in [0.1, 0.15) is 53.5 Å². The first-order valence-corrected chi connectivity index (χ1v) is 9.75. The van der Waals surface area contributed by atoms with E-state index in [-0.39, 0.29) is 5.97 Å². The van der Waals surface area contributed by atoms with E-state index in [1.54, 1.807) is 0 Å². The zero-order valence-corrected chi connectivity index (χ0v) is 16.4. The molecular formula is C18H29NO4S. The van der Waals surface area contributed by atoms with Crippen molar-refractivity contribution in [3.63, 3.8) is 0 Å². The van der Waals surface area contributed by atoms with Crippen molar-refractivity contribution in [2.24, 2.45) is 0 Å². The molecule has 0 heterocycles. The first kappa shape index (κ1) is 20.6. The van der Waals surface area contributed by atoms with Crippen molar-refractivity contribution in [2.45, 2.75) is 65.2 Å². The highest BCUT2D eigenvalue weighted by Crippen LogP contribution is 2.29. The average molecular weight is 356 g/mol. The van der Waals surface area contributed by atoms with E-state index >= 15 is 0 Å². The lowest BCUT2D eigenvalue weighted by Crippen LogP contribution is -2.27. The minimum atomic E-state index is -3.53. The normalized spacial score (nSPS) is 11.6. The van der Waals surface area contributed by atoms with Crippen LogP contribution in [0, 0.1) is 34.6 Å². The van der Waals surface area contributed by atoms with Crippen LogP contribution in [0.25, 0.3) is 0 Å². The van der Waals surface area contributed by atoms with Crippen LogP contribution in [0.15, 0.2) is 4.90 Å². The smallest absolute Gasteiger partial charge is 0.305 e. The number of carbonyl (C=O) groups is 1. The Hall–Kier alpha value is -1.40. The molecule has 0 spiro atoms. The maximum atomic E-state index is 12.7. The molecule has 0 aliphatic heterocycles. The fourth-order valence-electron chi connectivity index (χ4n) is 2.82. The Morgan fingerprint density at radius 2 is 1.38 bits per heavy atom. The van der Waals surface area contributed by atoms with E-state index < -0.39 is 10.0 Å². The molecule has 1 aromatic rings. The molecule has 0 bridgehead atoms. The fourth-order valence-corrected chi connectivity index (χ4v) is 4.49. The Kier molecular flexibility index (Phi) is 7.42. The molecule has 5 nitrogen and oxygen atoms in total. The van der Waals surface area contributed by atoms with Crippen LogP contribution in [0.2, 0.25) is 0 Å². The molecule has 0 saturated carbocycles. The van der Waals surface area contributed by atoms with Gasteiger partial charge >= 0.3 is 5.97 Å². The van der Waals surface area contributed by atoms with Gasteiger partial charge in [-0.3, -0.25) is 4.79 Å². The molecule has 1 aromatic carbocycles. The number of benzene rings is 1. The Morgan fingerprint density at radius 1 is 0.875 bits per heavy atom. The van der Waals surface area contributed by atoms with Gasteiger partial charge in [0.15, 0.2) is 0 Å². The first-order valence-electron chi connectivity index (χ1n) is 8.27. The minimum absolute atomic E-state index is 0.229. The van der Waals surface area contributed by atoms with Crippen LogP contribution >= 0.6 is 0 Å². The van der Waals surface area contributed by atoms with Gasteiger partial charge < -0.3 is 4.74 Å². The Morgan fingerprint density at radius 3 is 1.88 bits per heavy atom. The molecule has 0 aliphatic carbocycles. The van der Waals surface area contributed by atoms with E-state index in [1.807, 2.05) is 34.6 Å². The van der Waals surface area contributed by atoms with E-state index in [2.05, 4.69) is 9.46 Å². The lowest BCUT2D eigenvalue weighted by atomic mass is 9.95. The van der Waals surface area contributed by atoms with E-state index in [0.717, 1.165) is 34.2 Å². The average Bonchev–Trinajstić information content (AvgIpc) is 2.53. The minimum Gasteiger partial charge on any atom is -0.469 e. The predicted molar refractivity (Wildman–Crippen MR) is 95.8 cm³/mol. The van der Waals surface area contributed by atoms with Crippen LogP contribution in [-0.2, 0) is 19.6 Å². The molecule has 1 N–H and O–H groups in total. The molecule has 24 heavy (non-hydrogen) atoms. The SMILES string of the molecule is COC(=O)CCCCCNS(=O)(=O)c1c(C)c(C)c(C)c(C)c1C. The summed E-state index contributed by atoms with van der Waals surface area (Å²) in [5.41, 5.74) is 4.82. The van der Waals surface area contributed by atoms with Gasteiger partial charge in [-0.2, -0.15) is 0 Å². The molecule has 0 unspecified atom stereocenters. The van der Waals surface area contributed by atoms with Crippen molar-refractivity contribution >= 4 is 16.0 Å². The first-order chi connectivity index (χ1) is 11.1. The van der Waals surface area contributed by atoms with Crippen molar-refractivity contribution in [2.75, 3.05) is 13.7 Å². The van der Waals surface area contributed by atoms with E-state index in [0.29, 0.717) is 30.7 Å². The Balaban J connectivity index is 2.75. The molecule has 0 fully saturated rings. The number of hydrogen-bond acceptors (Lipinski definition) is 4. The molecule has 0 aliphatic rings. The third-order valence-electron chi connectivity index (χ3n) is 4.78. The van der Waals surface area contributed by atoms with Crippen LogP contribution in [-0.4, -0.2) is 28.0 Å². The molecule has 0 radical (unpaired) electrons. The molecule has 0 aromatic heterocycles. The largest absolute Gasteiger partial charge is 0.469 e. The van der Waals surface area contributed by atoms with Crippen molar-refractivity contribution in [1.82, 2.24) is 4.72 Å². The highest BCUT2D eigenvalue weighted by Gasteiger charge is 2.23. The number of methoxy groups -OCH3 is 1. The van der Waals surface area contributed by atoms with Gasteiger partial charge in [-0.15, -0.1) is 0 Å². The second-order valence-electron chi connectivity index (χ2n) is 6.24. The van der Waals surface area contributed by atoms with Crippen molar-refractivity contribution < 1.29 is 17.9 Å². The van der Waals surface area contributed by atoms with Crippen LogP contribution in [0.4, 0.5) is 0 Å². The second-order valence-corrected chi connectivity index (χ2v) is 7.94. The van der Waals surface area contributed by atoms with Crippen molar-refractivity contribution in [3.05, 3.63) is 27.8 Å². The summed E-state index contributed by atoms with van der Waals surface area (Å²) >= 11 is 0. The number of esters is 1. The number of sulfonamides is 1. The monoisotopic (exact) mass is 355 g/mol. The van der Waals surface area contributed by atoms with E-state index in [1.165, 1.54) is 7.11 Å². The Bertz CT molecular complexity index is 679. The number of ether oxygens (including phenoxy) is 1. The van der Waals surface area contributed by atoms with Crippen LogP contribution in [0.3, 0.4) is 0 Å². The number of rotatable bonds is 8. The molecule has 0 amide bonds. The standard InChI is InChI=1S/C18H29NO4S/c1-12-13(2)15(4)18(16(5)14(12)3)24(21,22)19-11-9-7-8-10-17(20)23-6/h19H,7-11H2,1-6H3. The molecule has 6 heteroatoms. The summed E-state index contributed by atoms with van der Waals surface area (Å²) in [6, 6.07) is 0. The topological polar surface area (TPSA) is 72.5 Å². The number of nitrogens with one attached hydrogen (secondary N) is 1. The maximum absolute atomic E-state index is 12.7. The summed E-state index contributed by atoms with van der Waals surface area (Å²) in [4.78, 5) is 11.4. The highest BCUT2D eigenvalue weighted by atomic mass is 32.2. The van der Waals surface area contributed by atoms with E-state index in [9.17, 15) is 13.2 Å². The van der Waals surface area contributed by atoms with Crippen molar-refractivity contribution in [1.29, 1.82) is 0 Å². The van der Waals surface area contributed by atoms with Gasteiger partial charge in [0.05, 0.1) is 12.0 Å². The van der Waals surface area contributed by atoms with Crippen LogP contribution < -0.4 is 4.72 Å². The van der Waals surface area contributed by atoms with Gasteiger partial charge in [0, 0.05) is 13.0 Å². The van der Waals surface area contributed by atoms with Gasteiger partial charge in [0.25, 0.3) is 0 Å². The molecule has 136 valence electrons. The maximum Gasteiger partial charge on any atom is 0.305 e. The summed E-state index contributed by atoms with van der Waals surface area (Å²) < 4.78 is 32.6. The summed E-state index contributed by atoms with van der Waals surface area (Å²) in [5.74, 6) is -0.229. The van der Waals surface area contributed by atoms with E-state index in [4.69, 9.17) is 0 Å². The number of hydrogen-bond donors (Lipinski definition) is 1.